The highest BCUT2D eigenvalue weighted by Gasteiger charge is 2.23. The van der Waals surface area contributed by atoms with E-state index in [2.05, 4.69) is 9.97 Å². The lowest BCUT2D eigenvalue weighted by Gasteiger charge is -2.20. The third kappa shape index (κ3) is 3.00. The smallest absolute Gasteiger partial charge is 0.303 e. The molecule has 1 N–H and O–H groups in total. The molecular formula is C12H14N2O2S. The Hall–Kier alpha value is -1.49. The second-order valence-electron chi connectivity index (χ2n) is 4.86. The van der Waals surface area contributed by atoms with Crippen LogP contribution in [0.2, 0.25) is 0 Å². The van der Waals surface area contributed by atoms with Crippen LogP contribution in [-0.2, 0) is 11.2 Å². The minimum absolute atomic E-state index is 0.154. The minimum atomic E-state index is -0.766. The van der Waals surface area contributed by atoms with Crippen molar-refractivity contribution in [2.45, 2.75) is 26.7 Å². The molecule has 0 fully saturated rings. The molecule has 2 heterocycles. The monoisotopic (exact) mass is 250 g/mol. The number of hydrogen-bond donors (Lipinski definition) is 1. The molecular weight excluding hydrogens is 236 g/mol. The molecule has 0 atom stereocenters. The number of rotatable bonds is 4. The van der Waals surface area contributed by atoms with E-state index in [0.717, 1.165) is 15.2 Å². The molecule has 2 rings (SSSR count). The molecule has 0 aliphatic rings. The average molecular weight is 250 g/mol. The molecule has 5 heteroatoms. The van der Waals surface area contributed by atoms with Gasteiger partial charge < -0.3 is 5.11 Å². The number of pyridine rings is 1. The standard InChI is InChI=1S/C12H14N2O2S/c1-12(2,6-11(15)16)5-10-14-8-7-13-4-3-9(8)17-10/h3-4,7H,5-6H2,1-2H3,(H,15,16). The van der Waals surface area contributed by atoms with E-state index in [1.54, 1.807) is 23.7 Å². The number of aliphatic carboxylic acids is 1. The van der Waals surface area contributed by atoms with Crippen LogP contribution in [0, 0.1) is 5.41 Å². The van der Waals surface area contributed by atoms with Crippen molar-refractivity contribution >= 4 is 27.5 Å². The fourth-order valence-corrected chi connectivity index (χ4v) is 2.98. The van der Waals surface area contributed by atoms with Gasteiger partial charge in [0.2, 0.25) is 0 Å². The summed E-state index contributed by atoms with van der Waals surface area (Å²) in [5.41, 5.74) is 0.617. The number of thiazole rings is 1. The zero-order valence-corrected chi connectivity index (χ0v) is 10.6. The third-order valence-electron chi connectivity index (χ3n) is 2.49. The first kappa shape index (κ1) is 12.0. The molecule has 0 spiro atoms. The van der Waals surface area contributed by atoms with Crippen molar-refractivity contribution in [2.75, 3.05) is 0 Å². The van der Waals surface area contributed by atoms with Crippen molar-refractivity contribution in [1.82, 2.24) is 9.97 Å². The van der Waals surface area contributed by atoms with Crippen molar-refractivity contribution in [1.29, 1.82) is 0 Å². The lowest BCUT2D eigenvalue weighted by molar-refractivity contribution is -0.139. The van der Waals surface area contributed by atoms with Crippen LogP contribution in [0.5, 0.6) is 0 Å². The molecule has 2 aromatic heterocycles. The number of carboxylic acids is 1. The number of carboxylic acid groups (broad SMARTS) is 1. The Morgan fingerprint density at radius 1 is 1.53 bits per heavy atom. The number of aromatic nitrogens is 2. The van der Waals surface area contributed by atoms with Gasteiger partial charge in [0.15, 0.2) is 0 Å². The Balaban J connectivity index is 2.20. The highest BCUT2D eigenvalue weighted by Crippen LogP contribution is 2.30. The molecule has 0 bridgehead atoms. The van der Waals surface area contributed by atoms with E-state index in [9.17, 15) is 4.79 Å². The van der Waals surface area contributed by atoms with Crippen LogP contribution >= 0.6 is 11.3 Å². The SMILES string of the molecule is CC(C)(CC(=O)O)Cc1nc2cnccc2s1. The van der Waals surface area contributed by atoms with Crippen LogP contribution in [0.15, 0.2) is 18.5 Å². The molecule has 2 aromatic rings. The Bertz CT molecular complexity index is 515. The fraction of sp³-hybridized carbons (Fsp3) is 0.417. The fourth-order valence-electron chi connectivity index (χ4n) is 1.78. The molecule has 0 aliphatic heterocycles. The molecule has 0 saturated heterocycles. The predicted octanol–water partition coefficient (Wildman–Crippen LogP) is 2.73. The van der Waals surface area contributed by atoms with Crippen molar-refractivity contribution in [3.63, 3.8) is 0 Å². The molecule has 17 heavy (non-hydrogen) atoms. The first-order chi connectivity index (χ1) is 7.96. The second-order valence-corrected chi connectivity index (χ2v) is 5.98. The normalized spacial score (nSPS) is 11.9. The Kier molecular flexibility index (Phi) is 3.11. The topological polar surface area (TPSA) is 63.1 Å². The maximum atomic E-state index is 10.8. The van der Waals surface area contributed by atoms with E-state index in [1.165, 1.54) is 0 Å². The lowest BCUT2D eigenvalue weighted by atomic mass is 9.86. The van der Waals surface area contributed by atoms with Crippen LogP contribution in [0.1, 0.15) is 25.3 Å². The zero-order chi connectivity index (χ0) is 12.5. The van der Waals surface area contributed by atoms with E-state index in [0.29, 0.717) is 6.42 Å². The summed E-state index contributed by atoms with van der Waals surface area (Å²) < 4.78 is 1.10. The summed E-state index contributed by atoms with van der Waals surface area (Å²) >= 11 is 1.61. The summed E-state index contributed by atoms with van der Waals surface area (Å²) in [4.78, 5) is 19.2. The van der Waals surface area contributed by atoms with Crippen LogP contribution in [-0.4, -0.2) is 21.0 Å². The molecule has 0 saturated carbocycles. The summed E-state index contributed by atoms with van der Waals surface area (Å²) in [5, 5.41) is 9.81. The maximum Gasteiger partial charge on any atom is 0.303 e. The summed E-state index contributed by atoms with van der Waals surface area (Å²) in [7, 11) is 0. The third-order valence-corrected chi connectivity index (χ3v) is 3.53. The Morgan fingerprint density at radius 3 is 2.94 bits per heavy atom. The molecule has 0 radical (unpaired) electrons. The highest BCUT2D eigenvalue weighted by atomic mass is 32.1. The number of hydrogen-bond acceptors (Lipinski definition) is 4. The van der Waals surface area contributed by atoms with Crippen LogP contribution in [0.3, 0.4) is 0 Å². The summed E-state index contributed by atoms with van der Waals surface area (Å²) in [6.07, 6.45) is 4.31. The Morgan fingerprint density at radius 2 is 2.29 bits per heavy atom. The van der Waals surface area contributed by atoms with Gasteiger partial charge in [0.25, 0.3) is 0 Å². The van der Waals surface area contributed by atoms with Gasteiger partial charge in [0.05, 0.1) is 27.8 Å². The van der Waals surface area contributed by atoms with Crippen molar-refractivity contribution in [2.24, 2.45) is 5.41 Å². The number of nitrogens with zero attached hydrogens (tertiary/aromatic N) is 2. The maximum absolute atomic E-state index is 10.8. The van der Waals surface area contributed by atoms with Gasteiger partial charge in [-0.3, -0.25) is 9.78 Å². The zero-order valence-electron chi connectivity index (χ0n) is 9.80. The second kappa shape index (κ2) is 4.41. The molecule has 0 aliphatic carbocycles. The van der Waals surface area contributed by atoms with Crippen molar-refractivity contribution in [3.05, 3.63) is 23.5 Å². The lowest BCUT2D eigenvalue weighted by Crippen LogP contribution is -2.19. The van der Waals surface area contributed by atoms with Gasteiger partial charge >= 0.3 is 5.97 Å². The molecule has 0 amide bonds. The van der Waals surface area contributed by atoms with E-state index in [1.807, 2.05) is 19.9 Å². The first-order valence-corrected chi connectivity index (χ1v) is 6.19. The molecule has 90 valence electrons. The van der Waals surface area contributed by atoms with E-state index in [4.69, 9.17) is 5.11 Å². The summed E-state index contributed by atoms with van der Waals surface area (Å²) in [6, 6.07) is 1.93. The molecule has 0 aromatic carbocycles. The van der Waals surface area contributed by atoms with E-state index < -0.39 is 5.97 Å². The summed E-state index contributed by atoms with van der Waals surface area (Å²) in [6.45, 7) is 3.90. The van der Waals surface area contributed by atoms with Gasteiger partial charge in [-0.2, -0.15) is 0 Å². The van der Waals surface area contributed by atoms with Crippen LogP contribution in [0.4, 0.5) is 0 Å². The predicted molar refractivity (Wildman–Crippen MR) is 67.2 cm³/mol. The largest absolute Gasteiger partial charge is 0.481 e. The van der Waals surface area contributed by atoms with Gasteiger partial charge in [-0.05, 0) is 11.5 Å². The highest BCUT2D eigenvalue weighted by molar-refractivity contribution is 7.18. The summed E-state index contributed by atoms with van der Waals surface area (Å²) in [5.74, 6) is -0.766. The van der Waals surface area contributed by atoms with E-state index in [-0.39, 0.29) is 11.8 Å². The van der Waals surface area contributed by atoms with Gasteiger partial charge in [-0.15, -0.1) is 11.3 Å². The first-order valence-electron chi connectivity index (χ1n) is 5.37. The molecule has 0 unspecified atom stereocenters. The van der Waals surface area contributed by atoms with Crippen LogP contribution < -0.4 is 0 Å². The number of carbonyl (C=O) groups is 1. The van der Waals surface area contributed by atoms with Gasteiger partial charge in [-0.1, -0.05) is 13.8 Å². The molecule has 4 nitrogen and oxygen atoms in total. The van der Waals surface area contributed by atoms with Gasteiger partial charge in [0.1, 0.15) is 0 Å². The Labute approximate surface area is 103 Å². The van der Waals surface area contributed by atoms with Crippen LogP contribution in [0.25, 0.3) is 10.2 Å². The number of fused-ring (bicyclic) bond motifs is 1. The van der Waals surface area contributed by atoms with E-state index >= 15 is 0 Å². The van der Waals surface area contributed by atoms with Crippen molar-refractivity contribution < 1.29 is 9.90 Å². The quantitative estimate of drug-likeness (QED) is 0.906. The van der Waals surface area contributed by atoms with Crippen molar-refractivity contribution in [3.8, 4) is 0 Å². The van der Waals surface area contributed by atoms with Gasteiger partial charge in [-0.25, -0.2) is 4.98 Å². The van der Waals surface area contributed by atoms with Gasteiger partial charge in [0, 0.05) is 12.6 Å². The average Bonchev–Trinajstić information content (AvgIpc) is 2.55. The minimum Gasteiger partial charge on any atom is -0.481 e.